The van der Waals surface area contributed by atoms with E-state index in [1.54, 1.807) is 25.1 Å². The van der Waals surface area contributed by atoms with Gasteiger partial charge in [0.2, 0.25) is 5.70 Å². The first kappa shape index (κ1) is 29.7. The Morgan fingerprint density at radius 2 is 1.22 bits per heavy atom. The van der Waals surface area contributed by atoms with E-state index in [2.05, 4.69) is 14.5 Å². The van der Waals surface area contributed by atoms with Crippen LogP contribution in [0.5, 0.6) is 0 Å². The van der Waals surface area contributed by atoms with Gasteiger partial charge < -0.3 is 0 Å². The van der Waals surface area contributed by atoms with Crippen molar-refractivity contribution in [2.75, 3.05) is 0 Å². The van der Waals surface area contributed by atoms with Crippen LogP contribution in [0.15, 0.2) is 59.9 Å². The standard InChI is InChI=1S/C34H11F5N6/c1-16-5-7-19(25(35)9-16)32-31(28(15-42)44-3)22-12-21-20(11-23(22)33(32)45-4)24(13-40)29(30(21)27(14-41)43-2)18-8-6-17(10-26(18)36)34(37,38)39/h5-12H,1H3/b30-27+,31-28-. The van der Waals surface area contributed by atoms with E-state index in [1.807, 2.05) is 6.07 Å². The molecule has 3 aromatic carbocycles. The fourth-order valence-electron chi connectivity index (χ4n) is 5.44. The Balaban J connectivity index is 1.93. The van der Waals surface area contributed by atoms with Crippen LogP contribution in [0.2, 0.25) is 0 Å². The average molecular weight is 598 g/mol. The number of hydrogen-bond acceptors (Lipinski definition) is 3. The van der Waals surface area contributed by atoms with Gasteiger partial charge in [0.25, 0.3) is 11.4 Å². The van der Waals surface area contributed by atoms with Gasteiger partial charge in [-0.15, -0.1) is 0 Å². The van der Waals surface area contributed by atoms with Crippen LogP contribution in [0.1, 0.15) is 44.5 Å². The number of allylic oxidation sites excluding steroid dienone is 7. The van der Waals surface area contributed by atoms with Gasteiger partial charge in [0.05, 0.1) is 43.0 Å². The third-order valence-corrected chi connectivity index (χ3v) is 7.30. The van der Waals surface area contributed by atoms with Crippen molar-refractivity contribution in [1.29, 1.82) is 15.8 Å². The zero-order valence-corrected chi connectivity index (χ0v) is 22.7. The van der Waals surface area contributed by atoms with E-state index < -0.39 is 40.3 Å². The predicted octanol–water partition coefficient (Wildman–Crippen LogP) is 8.85. The number of benzene rings is 3. The number of rotatable bonds is 2. The summed E-state index contributed by atoms with van der Waals surface area (Å²) in [6.45, 7) is 24.8. The molecule has 0 atom stereocenters. The summed E-state index contributed by atoms with van der Waals surface area (Å²) in [4.78, 5) is 10.1. The van der Waals surface area contributed by atoms with Crippen LogP contribution in [0.3, 0.4) is 0 Å². The van der Waals surface area contributed by atoms with E-state index >= 15 is 8.78 Å². The first-order chi connectivity index (χ1) is 21.4. The largest absolute Gasteiger partial charge is 0.416 e. The Morgan fingerprint density at radius 3 is 1.73 bits per heavy atom. The molecule has 2 aliphatic rings. The molecule has 5 rings (SSSR count). The second kappa shape index (κ2) is 10.8. The van der Waals surface area contributed by atoms with Crippen LogP contribution < -0.4 is 0 Å². The fourth-order valence-corrected chi connectivity index (χ4v) is 5.44. The molecule has 11 heteroatoms. The molecule has 0 unspecified atom stereocenters. The van der Waals surface area contributed by atoms with Crippen LogP contribution in [-0.4, -0.2) is 0 Å². The second-order valence-electron chi connectivity index (χ2n) is 9.71. The van der Waals surface area contributed by atoms with Crippen molar-refractivity contribution < 1.29 is 22.0 Å². The van der Waals surface area contributed by atoms with Crippen molar-refractivity contribution in [2.24, 2.45) is 0 Å². The van der Waals surface area contributed by atoms with Crippen molar-refractivity contribution in [3.8, 4) is 18.2 Å². The smallest absolute Gasteiger partial charge is 0.237 e. The third kappa shape index (κ3) is 4.50. The van der Waals surface area contributed by atoms with Crippen molar-refractivity contribution >= 4 is 33.6 Å². The SMILES string of the molecule is [C-]#[N+]C1=C(c2ccc(C)cc2F)/C(=C(/C#N)[N+]#[C-])c2cc3c(cc21)C(C#N)=C(c1ccc(C(F)(F)F)cc1F)/C3=C(\C#N)[N+]#[C-]. The van der Waals surface area contributed by atoms with Crippen LogP contribution in [-0.2, 0) is 6.18 Å². The molecule has 0 radical (unpaired) electrons. The maximum atomic E-state index is 15.3. The molecule has 0 N–H and O–H groups in total. The number of hydrogen-bond donors (Lipinski definition) is 0. The molecule has 0 aromatic heterocycles. The molecule has 6 nitrogen and oxygen atoms in total. The number of halogens is 5. The summed E-state index contributed by atoms with van der Waals surface area (Å²) < 4.78 is 70.5. The number of nitrogens with zero attached hydrogens (tertiary/aromatic N) is 6. The minimum Gasteiger partial charge on any atom is -0.237 e. The summed E-state index contributed by atoms with van der Waals surface area (Å²) in [7, 11) is 0. The molecule has 0 amide bonds. The van der Waals surface area contributed by atoms with Crippen molar-refractivity contribution in [3.63, 3.8) is 0 Å². The minimum absolute atomic E-state index is 0.00174. The number of nitriles is 3. The van der Waals surface area contributed by atoms with Crippen LogP contribution in [0.25, 0.3) is 48.1 Å². The molecular formula is C34H11F5N6. The lowest BCUT2D eigenvalue weighted by atomic mass is 9.90. The first-order valence-corrected chi connectivity index (χ1v) is 12.6. The van der Waals surface area contributed by atoms with Gasteiger partial charge in [-0.3, -0.25) is 0 Å². The van der Waals surface area contributed by atoms with Crippen molar-refractivity contribution in [1.82, 2.24) is 0 Å². The molecule has 45 heavy (non-hydrogen) atoms. The van der Waals surface area contributed by atoms with Crippen molar-refractivity contribution in [3.05, 3.63) is 150 Å². The van der Waals surface area contributed by atoms with Gasteiger partial charge in [-0.1, -0.05) is 24.3 Å². The highest BCUT2D eigenvalue weighted by Gasteiger charge is 2.39. The lowest BCUT2D eigenvalue weighted by Gasteiger charge is -2.14. The summed E-state index contributed by atoms with van der Waals surface area (Å²) in [6.07, 6.45) is -4.88. The highest BCUT2D eigenvalue weighted by Crippen LogP contribution is 2.55. The highest BCUT2D eigenvalue weighted by atomic mass is 19.4. The molecule has 0 bridgehead atoms. The average Bonchev–Trinajstić information content (AvgIpc) is 3.48. The topological polar surface area (TPSA) is 84.5 Å². The van der Waals surface area contributed by atoms with Gasteiger partial charge in [0.15, 0.2) is 0 Å². The molecule has 0 spiro atoms. The quantitative estimate of drug-likeness (QED) is 0.168. The second-order valence-corrected chi connectivity index (χ2v) is 9.71. The van der Waals surface area contributed by atoms with E-state index in [4.69, 9.17) is 19.7 Å². The zero-order valence-electron chi connectivity index (χ0n) is 22.7. The maximum Gasteiger partial charge on any atom is 0.416 e. The molecule has 0 saturated heterocycles. The minimum atomic E-state index is -4.88. The lowest BCUT2D eigenvalue weighted by molar-refractivity contribution is -0.137. The van der Waals surface area contributed by atoms with Gasteiger partial charge in [0, 0.05) is 22.3 Å². The molecule has 0 saturated carbocycles. The van der Waals surface area contributed by atoms with Crippen LogP contribution in [0, 0.1) is 72.3 Å². The number of aryl methyl sites for hydroxylation is 1. The summed E-state index contributed by atoms with van der Waals surface area (Å²) >= 11 is 0. The molecule has 2 aliphatic carbocycles. The monoisotopic (exact) mass is 598 g/mol. The summed E-state index contributed by atoms with van der Waals surface area (Å²) in [6, 6.07) is 13.8. The Hall–Kier alpha value is -6.79. The molecule has 0 fully saturated rings. The van der Waals surface area contributed by atoms with Gasteiger partial charge in [0.1, 0.15) is 17.7 Å². The van der Waals surface area contributed by atoms with E-state index in [0.717, 1.165) is 6.07 Å². The molecule has 212 valence electrons. The van der Waals surface area contributed by atoms with Gasteiger partial charge in [-0.2, -0.15) is 18.4 Å². The molecule has 3 aromatic rings. The third-order valence-electron chi connectivity index (χ3n) is 7.30. The van der Waals surface area contributed by atoms with Gasteiger partial charge in [-0.05, 0) is 70.2 Å². The summed E-state index contributed by atoms with van der Waals surface area (Å²) in [5, 5.41) is 29.9. The van der Waals surface area contributed by atoms with E-state index in [1.165, 1.54) is 24.3 Å². The number of alkyl halides is 3. The molecule has 0 aliphatic heterocycles. The first-order valence-electron chi connectivity index (χ1n) is 12.6. The summed E-state index contributed by atoms with van der Waals surface area (Å²) in [5.41, 5.74) is -3.42. The van der Waals surface area contributed by atoms with E-state index in [9.17, 15) is 29.0 Å². The number of fused-ring (bicyclic) bond motifs is 2. The van der Waals surface area contributed by atoms with E-state index in [-0.39, 0.29) is 67.4 Å². The van der Waals surface area contributed by atoms with Gasteiger partial charge >= 0.3 is 6.18 Å². The van der Waals surface area contributed by atoms with Crippen LogP contribution >= 0.6 is 0 Å². The Labute approximate surface area is 252 Å². The lowest BCUT2D eigenvalue weighted by Crippen LogP contribution is -2.06. The maximum absolute atomic E-state index is 15.3. The molecule has 0 heterocycles. The Bertz CT molecular complexity index is 2260. The Morgan fingerprint density at radius 1 is 0.689 bits per heavy atom. The highest BCUT2D eigenvalue weighted by molar-refractivity contribution is 6.29. The molecular weight excluding hydrogens is 587 g/mol. The predicted molar refractivity (Wildman–Crippen MR) is 153 cm³/mol. The summed E-state index contributed by atoms with van der Waals surface area (Å²) in [5.74, 6) is -2.10. The van der Waals surface area contributed by atoms with E-state index in [0.29, 0.717) is 11.6 Å². The Kier molecular flexibility index (Phi) is 7.13. The fraction of sp³-hybridized carbons (Fsp3) is 0.0588. The van der Waals surface area contributed by atoms with Crippen LogP contribution in [0.4, 0.5) is 22.0 Å². The zero-order chi connectivity index (χ0) is 32.8. The van der Waals surface area contributed by atoms with Gasteiger partial charge in [-0.25, -0.2) is 33.8 Å². The normalized spacial score (nSPS) is 15.6. The van der Waals surface area contributed by atoms with Crippen molar-refractivity contribution in [2.45, 2.75) is 13.1 Å².